The molecule has 0 unspecified atom stereocenters. The van der Waals surface area contributed by atoms with Crippen LogP contribution in [-0.2, 0) is 0 Å². The molecule has 0 aliphatic rings. The molecule has 0 N–H and O–H groups in total. The molecule has 88 valence electrons. The Kier molecular flexibility index (Phi) is 3.04. The van der Waals surface area contributed by atoms with Crippen molar-refractivity contribution in [1.82, 2.24) is 0 Å². The van der Waals surface area contributed by atoms with E-state index in [9.17, 15) is 13.2 Å². The van der Waals surface area contributed by atoms with Crippen LogP contribution in [0.15, 0.2) is 36.4 Å². The van der Waals surface area contributed by atoms with Crippen molar-refractivity contribution in [2.24, 2.45) is 0 Å². The Hall–Kier alpha value is -1.97. The van der Waals surface area contributed by atoms with Gasteiger partial charge in [-0.2, -0.15) is 0 Å². The standard InChI is InChI=1S/C13H9F3O/c1-17-12-7-8(14)5-6-9(12)13-10(15)3-2-4-11(13)16/h2-7H,1H3. The zero-order valence-electron chi connectivity index (χ0n) is 9.01. The van der Waals surface area contributed by atoms with Crippen LogP contribution in [0.1, 0.15) is 0 Å². The molecule has 0 atom stereocenters. The van der Waals surface area contributed by atoms with Gasteiger partial charge in [0, 0.05) is 11.6 Å². The summed E-state index contributed by atoms with van der Waals surface area (Å²) < 4.78 is 45.0. The fourth-order valence-corrected chi connectivity index (χ4v) is 1.63. The Morgan fingerprint density at radius 2 is 1.59 bits per heavy atom. The van der Waals surface area contributed by atoms with Crippen molar-refractivity contribution in [3.05, 3.63) is 53.8 Å². The molecule has 2 aromatic rings. The quantitative estimate of drug-likeness (QED) is 0.773. The highest BCUT2D eigenvalue weighted by Crippen LogP contribution is 2.33. The second kappa shape index (κ2) is 4.49. The van der Waals surface area contributed by atoms with Crippen molar-refractivity contribution in [2.45, 2.75) is 0 Å². The van der Waals surface area contributed by atoms with E-state index in [1.807, 2.05) is 0 Å². The van der Waals surface area contributed by atoms with Crippen LogP contribution in [0, 0.1) is 17.5 Å². The van der Waals surface area contributed by atoms with E-state index in [1.54, 1.807) is 0 Å². The average Bonchev–Trinajstić information content (AvgIpc) is 2.30. The smallest absolute Gasteiger partial charge is 0.134 e. The zero-order valence-corrected chi connectivity index (χ0v) is 9.01. The van der Waals surface area contributed by atoms with Crippen molar-refractivity contribution in [3.8, 4) is 16.9 Å². The summed E-state index contributed by atoms with van der Waals surface area (Å²) in [5.74, 6) is -1.86. The minimum absolute atomic E-state index is 0.0917. The summed E-state index contributed by atoms with van der Waals surface area (Å²) in [5.41, 5.74) is -0.0335. The van der Waals surface area contributed by atoms with E-state index < -0.39 is 17.5 Å². The molecule has 2 aromatic carbocycles. The van der Waals surface area contributed by atoms with Gasteiger partial charge in [-0.25, -0.2) is 13.2 Å². The molecule has 0 saturated heterocycles. The molecule has 0 aromatic heterocycles. The average molecular weight is 238 g/mol. The molecule has 0 aliphatic heterocycles. The summed E-state index contributed by atoms with van der Waals surface area (Å²) in [6.45, 7) is 0. The molecule has 2 rings (SSSR count). The molecule has 0 aliphatic carbocycles. The predicted octanol–water partition coefficient (Wildman–Crippen LogP) is 3.78. The lowest BCUT2D eigenvalue weighted by Crippen LogP contribution is -1.94. The van der Waals surface area contributed by atoms with Crippen LogP contribution in [-0.4, -0.2) is 7.11 Å². The zero-order chi connectivity index (χ0) is 12.4. The van der Waals surface area contributed by atoms with Gasteiger partial charge in [-0.1, -0.05) is 6.07 Å². The largest absolute Gasteiger partial charge is 0.496 e. The Bertz CT molecular complexity index is 532. The van der Waals surface area contributed by atoms with Gasteiger partial charge in [-0.15, -0.1) is 0 Å². The Morgan fingerprint density at radius 1 is 0.941 bits per heavy atom. The van der Waals surface area contributed by atoms with Crippen LogP contribution < -0.4 is 4.74 Å². The third-order valence-electron chi connectivity index (χ3n) is 2.40. The molecule has 17 heavy (non-hydrogen) atoms. The number of ether oxygens (including phenoxy) is 1. The maximum Gasteiger partial charge on any atom is 0.134 e. The number of hydrogen-bond acceptors (Lipinski definition) is 1. The van der Waals surface area contributed by atoms with Crippen LogP contribution in [0.3, 0.4) is 0 Å². The molecule has 0 saturated carbocycles. The first-order valence-electron chi connectivity index (χ1n) is 4.91. The van der Waals surface area contributed by atoms with Gasteiger partial charge in [0.25, 0.3) is 0 Å². The Balaban J connectivity index is 2.68. The van der Waals surface area contributed by atoms with E-state index >= 15 is 0 Å². The molecule has 1 nitrogen and oxygen atoms in total. The first-order chi connectivity index (χ1) is 8.13. The van der Waals surface area contributed by atoms with Gasteiger partial charge in [0.1, 0.15) is 23.2 Å². The second-order valence-corrected chi connectivity index (χ2v) is 3.44. The molecule has 0 radical (unpaired) electrons. The van der Waals surface area contributed by atoms with Crippen LogP contribution in [0.25, 0.3) is 11.1 Å². The van der Waals surface area contributed by atoms with E-state index in [2.05, 4.69) is 0 Å². The van der Waals surface area contributed by atoms with Gasteiger partial charge < -0.3 is 4.74 Å². The van der Waals surface area contributed by atoms with Gasteiger partial charge in [-0.3, -0.25) is 0 Å². The minimum atomic E-state index is -0.713. The maximum absolute atomic E-state index is 13.6. The third kappa shape index (κ3) is 2.11. The number of rotatable bonds is 2. The summed E-state index contributed by atoms with van der Waals surface area (Å²) in [4.78, 5) is 0. The third-order valence-corrected chi connectivity index (χ3v) is 2.40. The van der Waals surface area contributed by atoms with E-state index in [0.717, 1.165) is 24.3 Å². The summed E-state index contributed by atoms with van der Waals surface area (Å²) >= 11 is 0. The lowest BCUT2D eigenvalue weighted by atomic mass is 10.0. The molecular formula is C13H9F3O. The summed E-state index contributed by atoms with van der Waals surface area (Å²) in [5, 5.41) is 0. The number of methoxy groups -OCH3 is 1. The van der Waals surface area contributed by atoms with Crippen molar-refractivity contribution >= 4 is 0 Å². The van der Waals surface area contributed by atoms with Crippen LogP contribution in [0.5, 0.6) is 5.75 Å². The molecule has 0 fully saturated rings. The van der Waals surface area contributed by atoms with Gasteiger partial charge in [-0.05, 0) is 24.3 Å². The van der Waals surface area contributed by atoms with E-state index in [0.29, 0.717) is 0 Å². The Morgan fingerprint density at radius 3 is 2.18 bits per heavy atom. The van der Waals surface area contributed by atoms with Crippen LogP contribution >= 0.6 is 0 Å². The highest BCUT2D eigenvalue weighted by Gasteiger charge is 2.15. The minimum Gasteiger partial charge on any atom is -0.496 e. The molecule has 4 heteroatoms. The molecule has 0 spiro atoms. The fraction of sp³-hybridized carbons (Fsp3) is 0.0769. The normalized spacial score (nSPS) is 10.4. The molecule has 0 heterocycles. The highest BCUT2D eigenvalue weighted by atomic mass is 19.1. The first-order valence-corrected chi connectivity index (χ1v) is 4.91. The maximum atomic E-state index is 13.6. The van der Waals surface area contributed by atoms with E-state index in [-0.39, 0.29) is 16.9 Å². The van der Waals surface area contributed by atoms with Gasteiger partial charge in [0.15, 0.2) is 0 Å². The summed E-state index contributed by atoms with van der Waals surface area (Å²) in [6, 6.07) is 7.05. The number of hydrogen-bond donors (Lipinski definition) is 0. The summed E-state index contributed by atoms with van der Waals surface area (Å²) in [6.07, 6.45) is 0. The monoisotopic (exact) mass is 238 g/mol. The van der Waals surface area contributed by atoms with Gasteiger partial charge >= 0.3 is 0 Å². The number of halogens is 3. The fourth-order valence-electron chi connectivity index (χ4n) is 1.63. The van der Waals surface area contributed by atoms with E-state index in [4.69, 9.17) is 4.74 Å². The highest BCUT2D eigenvalue weighted by molar-refractivity contribution is 5.71. The molecule has 0 amide bonds. The van der Waals surface area contributed by atoms with E-state index in [1.165, 1.54) is 19.2 Å². The second-order valence-electron chi connectivity index (χ2n) is 3.44. The Labute approximate surface area is 96.5 Å². The molecule has 0 bridgehead atoms. The van der Waals surface area contributed by atoms with Gasteiger partial charge in [0.05, 0.1) is 12.7 Å². The van der Waals surface area contributed by atoms with Crippen molar-refractivity contribution in [1.29, 1.82) is 0 Å². The SMILES string of the molecule is COc1cc(F)ccc1-c1c(F)cccc1F. The lowest BCUT2D eigenvalue weighted by Gasteiger charge is -2.10. The lowest BCUT2D eigenvalue weighted by molar-refractivity contribution is 0.412. The van der Waals surface area contributed by atoms with Crippen molar-refractivity contribution < 1.29 is 17.9 Å². The topological polar surface area (TPSA) is 9.23 Å². The molecular weight excluding hydrogens is 229 g/mol. The van der Waals surface area contributed by atoms with Gasteiger partial charge in [0.2, 0.25) is 0 Å². The predicted molar refractivity (Wildman–Crippen MR) is 58.3 cm³/mol. The van der Waals surface area contributed by atoms with Crippen LogP contribution in [0.2, 0.25) is 0 Å². The van der Waals surface area contributed by atoms with Crippen molar-refractivity contribution in [2.75, 3.05) is 7.11 Å². The first kappa shape index (κ1) is 11.5. The van der Waals surface area contributed by atoms with Crippen molar-refractivity contribution in [3.63, 3.8) is 0 Å². The summed E-state index contributed by atoms with van der Waals surface area (Å²) in [7, 11) is 1.32. The number of benzene rings is 2. The van der Waals surface area contributed by atoms with Crippen LogP contribution in [0.4, 0.5) is 13.2 Å².